The molecule has 3 aromatic rings. The Labute approximate surface area is 141 Å². The van der Waals surface area contributed by atoms with E-state index in [1.54, 1.807) is 23.7 Å². The number of allylic oxidation sites excluding steroid dienone is 1. The molecular weight excluding hydrogens is 339 g/mol. The average Bonchev–Trinajstić information content (AvgIpc) is 3.17. The van der Waals surface area contributed by atoms with Crippen LogP contribution in [0.3, 0.4) is 0 Å². The van der Waals surface area contributed by atoms with Crippen LogP contribution < -0.4 is 5.32 Å². The van der Waals surface area contributed by atoms with E-state index in [4.69, 9.17) is 23.2 Å². The molecule has 0 saturated heterocycles. The number of halogens is 2. The first-order valence-corrected chi connectivity index (χ1v) is 8.23. The number of fused-ring (bicyclic) bond motifs is 1. The molecule has 1 N–H and O–H groups in total. The summed E-state index contributed by atoms with van der Waals surface area (Å²) in [6.45, 7) is 0. The van der Waals surface area contributed by atoms with Crippen molar-refractivity contribution in [1.29, 1.82) is 0 Å². The van der Waals surface area contributed by atoms with Crippen molar-refractivity contribution in [2.45, 2.75) is 6.04 Å². The molecule has 4 rings (SSSR count). The summed E-state index contributed by atoms with van der Waals surface area (Å²) in [5.74, 6) is 0.696. The number of hydrogen-bond acceptors (Lipinski definition) is 4. The van der Waals surface area contributed by atoms with Crippen LogP contribution in [0, 0.1) is 0 Å². The van der Waals surface area contributed by atoms with Crippen LogP contribution in [0.15, 0.2) is 48.1 Å². The maximum atomic E-state index is 6.33. The van der Waals surface area contributed by atoms with Gasteiger partial charge in [0.1, 0.15) is 12.4 Å². The van der Waals surface area contributed by atoms with E-state index in [0.29, 0.717) is 16.0 Å². The van der Waals surface area contributed by atoms with Crippen LogP contribution in [0.4, 0.5) is 5.95 Å². The predicted molar refractivity (Wildman–Crippen MR) is 90.5 cm³/mol. The predicted octanol–water partition coefficient (Wildman–Crippen LogP) is 4.70. The standard InChI is InChI=1S/C15H10Cl2N4S/c16-9-3-4-10(11(17)6-9)12-7-13(14-2-1-5-22-14)21-15(20-12)18-8-19-21/h1-8,13H,(H,18,19,20). The number of benzene rings is 1. The zero-order valence-corrected chi connectivity index (χ0v) is 13.5. The van der Waals surface area contributed by atoms with Crippen LogP contribution >= 0.6 is 34.5 Å². The molecule has 0 amide bonds. The van der Waals surface area contributed by atoms with Gasteiger partial charge in [0.05, 0.1) is 5.02 Å². The van der Waals surface area contributed by atoms with Gasteiger partial charge < -0.3 is 5.32 Å². The number of hydrogen-bond donors (Lipinski definition) is 1. The van der Waals surface area contributed by atoms with Crippen molar-refractivity contribution in [3.05, 3.63) is 68.6 Å². The minimum atomic E-state index is 0.000458. The largest absolute Gasteiger partial charge is 0.324 e. The van der Waals surface area contributed by atoms with Gasteiger partial charge in [0, 0.05) is 21.2 Å². The SMILES string of the molecule is Clc1ccc(C2=CC(c3cccs3)n3ncnc3N2)c(Cl)c1. The molecule has 2 aromatic heterocycles. The summed E-state index contributed by atoms with van der Waals surface area (Å²) >= 11 is 14.0. The Morgan fingerprint density at radius 1 is 1.23 bits per heavy atom. The van der Waals surface area contributed by atoms with E-state index < -0.39 is 0 Å². The Morgan fingerprint density at radius 3 is 2.91 bits per heavy atom. The lowest BCUT2D eigenvalue weighted by Crippen LogP contribution is -2.19. The van der Waals surface area contributed by atoms with Crippen molar-refractivity contribution < 1.29 is 0 Å². The minimum Gasteiger partial charge on any atom is -0.324 e. The smallest absolute Gasteiger partial charge is 0.226 e. The lowest BCUT2D eigenvalue weighted by Gasteiger charge is -2.23. The summed E-state index contributed by atoms with van der Waals surface area (Å²) < 4.78 is 1.86. The molecule has 0 spiro atoms. The molecule has 1 unspecified atom stereocenters. The van der Waals surface area contributed by atoms with Gasteiger partial charge >= 0.3 is 0 Å². The molecule has 0 radical (unpaired) electrons. The molecular formula is C15H10Cl2N4S. The van der Waals surface area contributed by atoms with E-state index in [9.17, 15) is 0 Å². The number of anilines is 1. The van der Waals surface area contributed by atoms with Gasteiger partial charge in [-0.05, 0) is 35.7 Å². The van der Waals surface area contributed by atoms with Gasteiger partial charge in [0.15, 0.2) is 0 Å². The highest BCUT2D eigenvalue weighted by molar-refractivity contribution is 7.10. The average molecular weight is 349 g/mol. The van der Waals surface area contributed by atoms with E-state index >= 15 is 0 Å². The Hall–Kier alpha value is -1.82. The van der Waals surface area contributed by atoms with E-state index in [2.05, 4.69) is 32.9 Å². The summed E-state index contributed by atoms with van der Waals surface area (Å²) in [5.41, 5.74) is 1.79. The third-order valence-corrected chi connectivity index (χ3v) is 4.95. The van der Waals surface area contributed by atoms with Crippen molar-refractivity contribution in [2.24, 2.45) is 0 Å². The summed E-state index contributed by atoms with van der Waals surface area (Å²) in [6, 6.07) is 9.58. The van der Waals surface area contributed by atoms with Crippen LogP contribution in [0.1, 0.15) is 16.5 Å². The van der Waals surface area contributed by atoms with Crippen molar-refractivity contribution in [2.75, 3.05) is 5.32 Å². The molecule has 0 bridgehead atoms. The highest BCUT2D eigenvalue weighted by atomic mass is 35.5. The van der Waals surface area contributed by atoms with Gasteiger partial charge in [0.25, 0.3) is 0 Å². The van der Waals surface area contributed by atoms with E-state index in [-0.39, 0.29) is 6.04 Å². The molecule has 4 nitrogen and oxygen atoms in total. The van der Waals surface area contributed by atoms with Crippen LogP contribution in [-0.4, -0.2) is 14.8 Å². The fourth-order valence-corrected chi connectivity index (χ4v) is 3.75. The van der Waals surface area contributed by atoms with Crippen molar-refractivity contribution in [1.82, 2.24) is 14.8 Å². The molecule has 1 aliphatic heterocycles. The zero-order valence-electron chi connectivity index (χ0n) is 11.2. The van der Waals surface area contributed by atoms with E-state index in [1.165, 1.54) is 4.88 Å². The maximum absolute atomic E-state index is 6.33. The topological polar surface area (TPSA) is 42.7 Å². The summed E-state index contributed by atoms with van der Waals surface area (Å²) in [7, 11) is 0. The van der Waals surface area contributed by atoms with E-state index in [0.717, 1.165) is 11.3 Å². The van der Waals surface area contributed by atoms with Gasteiger partial charge in [-0.25, -0.2) is 4.68 Å². The lowest BCUT2D eigenvalue weighted by molar-refractivity contribution is 0.620. The fourth-order valence-electron chi connectivity index (χ4n) is 2.46. The molecule has 1 atom stereocenters. The third-order valence-electron chi connectivity index (χ3n) is 3.46. The van der Waals surface area contributed by atoms with Crippen molar-refractivity contribution in [3.8, 4) is 0 Å². The Kier molecular flexibility index (Phi) is 3.41. The second-order valence-corrected chi connectivity index (χ2v) is 6.64. The monoisotopic (exact) mass is 348 g/mol. The molecule has 0 fully saturated rings. The van der Waals surface area contributed by atoms with Gasteiger partial charge in [-0.3, -0.25) is 0 Å². The van der Waals surface area contributed by atoms with Gasteiger partial charge in [-0.1, -0.05) is 29.3 Å². The number of rotatable bonds is 2. The Bertz CT molecular complexity index is 854. The van der Waals surface area contributed by atoms with E-state index in [1.807, 2.05) is 22.9 Å². The number of nitrogens with zero attached hydrogens (tertiary/aromatic N) is 3. The minimum absolute atomic E-state index is 0.000458. The fraction of sp³-hybridized carbons (Fsp3) is 0.0667. The molecule has 1 aliphatic rings. The zero-order chi connectivity index (χ0) is 15.1. The first kappa shape index (κ1) is 13.8. The summed E-state index contributed by atoms with van der Waals surface area (Å²) in [6.07, 6.45) is 3.64. The highest BCUT2D eigenvalue weighted by Gasteiger charge is 2.24. The number of thiophene rings is 1. The van der Waals surface area contributed by atoms with Gasteiger partial charge in [-0.15, -0.1) is 11.3 Å². The summed E-state index contributed by atoms with van der Waals surface area (Å²) in [4.78, 5) is 5.47. The second kappa shape index (κ2) is 5.43. The van der Waals surface area contributed by atoms with Crippen LogP contribution in [0.5, 0.6) is 0 Å². The lowest BCUT2D eigenvalue weighted by atomic mass is 10.1. The first-order chi connectivity index (χ1) is 10.7. The van der Waals surface area contributed by atoms with Crippen LogP contribution in [0.25, 0.3) is 5.70 Å². The van der Waals surface area contributed by atoms with Crippen molar-refractivity contribution in [3.63, 3.8) is 0 Å². The van der Waals surface area contributed by atoms with Crippen LogP contribution in [-0.2, 0) is 0 Å². The third kappa shape index (κ3) is 2.31. The Balaban J connectivity index is 1.83. The number of aromatic nitrogens is 3. The molecule has 22 heavy (non-hydrogen) atoms. The molecule has 0 saturated carbocycles. The molecule has 110 valence electrons. The Morgan fingerprint density at radius 2 is 2.14 bits per heavy atom. The molecule has 1 aromatic carbocycles. The quantitative estimate of drug-likeness (QED) is 0.729. The molecule has 0 aliphatic carbocycles. The summed E-state index contributed by atoms with van der Waals surface area (Å²) in [5, 5.41) is 10.9. The van der Waals surface area contributed by atoms with Gasteiger partial charge in [-0.2, -0.15) is 10.1 Å². The molecule has 7 heteroatoms. The normalized spacial score (nSPS) is 16.8. The first-order valence-electron chi connectivity index (χ1n) is 6.59. The number of nitrogens with one attached hydrogen (secondary N) is 1. The maximum Gasteiger partial charge on any atom is 0.226 e. The second-order valence-electron chi connectivity index (χ2n) is 4.82. The van der Waals surface area contributed by atoms with Crippen LogP contribution in [0.2, 0.25) is 10.0 Å². The highest BCUT2D eigenvalue weighted by Crippen LogP contribution is 2.36. The van der Waals surface area contributed by atoms with Crippen molar-refractivity contribution >= 4 is 46.2 Å². The van der Waals surface area contributed by atoms with Gasteiger partial charge in [0.2, 0.25) is 5.95 Å². The molecule has 3 heterocycles.